The van der Waals surface area contributed by atoms with Crippen molar-refractivity contribution in [2.24, 2.45) is 5.73 Å². The molecule has 0 saturated carbocycles. The third-order valence-electron chi connectivity index (χ3n) is 2.90. The van der Waals surface area contributed by atoms with Gasteiger partial charge in [-0.3, -0.25) is 4.79 Å². The van der Waals surface area contributed by atoms with Crippen LogP contribution in [0.25, 0.3) is 16.7 Å². The van der Waals surface area contributed by atoms with Crippen LogP contribution in [0.15, 0.2) is 34.8 Å². The van der Waals surface area contributed by atoms with Crippen molar-refractivity contribution in [3.63, 3.8) is 0 Å². The normalized spacial score (nSPS) is 10.8. The van der Waals surface area contributed by atoms with E-state index in [1.54, 1.807) is 6.07 Å². The quantitative estimate of drug-likeness (QED) is 0.777. The maximum absolute atomic E-state index is 11.6. The van der Waals surface area contributed by atoms with Crippen LogP contribution in [0.2, 0.25) is 0 Å². The molecular formula is C13H10BrN5O2. The second kappa shape index (κ2) is 5.13. The van der Waals surface area contributed by atoms with Crippen molar-refractivity contribution in [1.82, 2.24) is 20.0 Å². The molecule has 3 rings (SSSR count). The van der Waals surface area contributed by atoms with E-state index in [-0.39, 0.29) is 5.69 Å². The number of benzene rings is 1. The fourth-order valence-electron chi connectivity index (χ4n) is 1.97. The van der Waals surface area contributed by atoms with Crippen LogP contribution >= 0.6 is 15.9 Å². The predicted octanol–water partition coefficient (Wildman–Crippen LogP) is 1.69. The summed E-state index contributed by atoms with van der Waals surface area (Å²) in [5, 5.41) is 12.7. The third kappa shape index (κ3) is 2.33. The first kappa shape index (κ1) is 13.5. The fraction of sp³-hybridized carbons (Fsp3) is 0.0769. The molecule has 0 aliphatic heterocycles. The summed E-state index contributed by atoms with van der Waals surface area (Å²) in [5.41, 5.74) is 6.67. The van der Waals surface area contributed by atoms with Gasteiger partial charge in [0.15, 0.2) is 11.3 Å². The second-order valence-electron chi connectivity index (χ2n) is 4.23. The van der Waals surface area contributed by atoms with Crippen molar-refractivity contribution < 1.29 is 9.53 Å². The van der Waals surface area contributed by atoms with Crippen molar-refractivity contribution in [3.8, 4) is 11.6 Å². The molecule has 2 N–H and O–H groups in total. The lowest BCUT2D eigenvalue weighted by Crippen LogP contribution is -2.12. The molecule has 21 heavy (non-hydrogen) atoms. The van der Waals surface area contributed by atoms with Crippen molar-refractivity contribution in [3.05, 3.63) is 40.5 Å². The van der Waals surface area contributed by atoms with E-state index in [9.17, 15) is 4.79 Å². The molecule has 1 amide bonds. The van der Waals surface area contributed by atoms with Gasteiger partial charge in [-0.2, -0.15) is 5.10 Å². The number of ether oxygens (including phenoxy) is 1. The summed E-state index contributed by atoms with van der Waals surface area (Å²) < 4.78 is 7.42. The monoisotopic (exact) mass is 347 g/mol. The highest BCUT2D eigenvalue weighted by Crippen LogP contribution is 2.24. The standard InChI is InChI=1S/C13H10BrN5O2/c1-21-10-6-9-11(12(15)20)18-19(13(9)17-16-10)8-4-2-3-7(14)5-8/h2-6H,1H3,(H2,15,20). The number of carbonyl (C=O) groups is 1. The van der Waals surface area contributed by atoms with Crippen LogP contribution < -0.4 is 10.5 Å². The molecule has 2 aromatic heterocycles. The third-order valence-corrected chi connectivity index (χ3v) is 3.40. The lowest BCUT2D eigenvalue weighted by molar-refractivity contribution is 0.0996. The summed E-state index contributed by atoms with van der Waals surface area (Å²) in [6, 6.07) is 9.02. The number of halogens is 1. The first-order valence-corrected chi connectivity index (χ1v) is 6.75. The largest absolute Gasteiger partial charge is 0.480 e. The smallest absolute Gasteiger partial charge is 0.269 e. The number of methoxy groups -OCH3 is 1. The van der Waals surface area contributed by atoms with Gasteiger partial charge in [0.2, 0.25) is 5.88 Å². The molecule has 7 nitrogen and oxygen atoms in total. The summed E-state index contributed by atoms with van der Waals surface area (Å²) in [5.74, 6) is -0.345. The molecule has 0 bridgehead atoms. The summed E-state index contributed by atoms with van der Waals surface area (Å²) in [7, 11) is 1.47. The van der Waals surface area contributed by atoms with Crippen molar-refractivity contribution >= 4 is 32.9 Å². The first-order valence-electron chi connectivity index (χ1n) is 5.96. The number of carbonyl (C=O) groups excluding carboxylic acids is 1. The molecule has 0 spiro atoms. The van der Waals surface area contributed by atoms with Crippen molar-refractivity contribution in [2.45, 2.75) is 0 Å². The minimum atomic E-state index is -0.635. The predicted molar refractivity (Wildman–Crippen MR) is 79.4 cm³/mol. The fourth-order valence-corrected chi connectivity index (χ4v) is 2.36. The van der Waals surface area contributed by atoms with Crippen LogP contribution in [0.4, 0.5) is 0 Å². The molecule has 0 atom stereocenters. The molecule has 0 radical (unpaired) electrons. The number of nitrogens with zero attached hydrogens (tertiary/aromatic N) is 4. The lowest BCUT2D eigenvalue weighted by Gasteiger charge is -2.03. The van der Waals surface area contributed by atoms with E-state index >= 15 is 0 Å². The number of amides is 1. The van der Waals surface area contributed by atoms with Gasteiger partial charge in [-0.25, -0.2) is 4.68 Å². The molecule has 0 fully saturated rings. The van der Waals surface area contributed by atoms with Crippen LogP contribution in [0.3, 0.4) is 0 Å². The number of fused-ring (bicyclic) bond motifs is 1. The Balaban J connectivity index is 2.31. The Labute approximate surface area is 127 Å². The highest BCUT2D eigenvalue weighted by molar-refractivity contribution is 9.10. The van der Waals surface area contributed by atoms with Crippen LogP contribution in [0.5, 0.6) is 5.88 Å². The van der Waals surface area contributed by atoms with Gasteiger partial charge < -0.3 is 10.5 Å². The molecular weight excluding hydrogens is 338 g/mol. The van der Waals surface area contributed by atoms with Gasteiger partial charge in [-0.15, -0.1) is 10.2 Å². The Hall–Kier alpha value is -2.48. The van der Waals surface area contributed by atoms with E-state index in [0.717, 1.165) is 10.2 Å². The average molecular weight is 348 g/mol. The van der Waals surface area contributed by atoms with Gasteiger partial charge in [-0.05, 0) is 18.2 Å². The summed E-state index contributed by atoms with van der Waals surface area (Å²) in [6.07, 6.45) is 0. The summed E-state index contributed by atoms with van der Waals surface area (Å²) >= 11 is 3.39. The van der Waals surface area contributed by atoms with E-state index in [4.69, 9.17) is 10.5 Å². The van der Waals surface area contributed by atoms with E-state index in [2.05, 4.69) is 31.2 Å². The van der Waals surface area contributed by atoms with Gasteiger partial charge in [0.1, 0.15) is 0 Å². The minimum Gasteiger partial charge on any atom is -0.480 e. The van der Waals surface area contributed by atoms with Crippen molar-refractivity contribution in [1.29, 1.82) is 0 Å². The first-order chi connectivity index (χ1) is 10.1. The Bertz CT molecular complexity index is 846. The average Bonchev–Trinajstić information content (AvgIpc) is 2.86. The Morgan fingerprint density at radius 3 is 2.81 bits per heavy atom. The minimum absolute atomic E-state index is 0.123. The summed E-state index contributed by atoms with van der Waals surface area (Å²) in [6.45, 7) is 0. The van der Waals surface area contributed by atoms with E-state index in [1.165, 1.54) is 11.8 Å². The molecule has 3 aromatic rings. The maximum atomic E-state index is 11.6. The van der Waals surface area contributed by atoms with Gasteiger partial charge in [0, 0.05) is 10.5 Å². The number of hydrogen-bond donors (Lipinski definition) is 1. The molecule has 0 aliphatic carbocycles. The second-order valence-corrected chi connectivity index (χ2v) is 5.14. The molecule has 2 heterocycles. The van der Waals surface area contributed by atoms with Gasteiger partial charge in [0.05, 0.1) is 18.2 Å². The number of aromatic nitrogens is 4. The Morgan fingerprint density at radius 2 is 2.14 bits per heavy atom. The van der Waals surface area contributed by atoms with E-state index < -0.39 is 5.91 Å². The van der Waals surface area contributed by atoms with Gasteiger partial charge in [0.25, 0.3) is 5.91 Å². The molecule has 0 unspecified atom stereocenters. The molecule has 8 heteroatoms. The SMILES string of the molecule is COc1cc2c(C(N)=O)nn(-c3cccc(Br)c3)c2nn1. The Kier molecular flexibility index (Phi) is 3.30. The van der Waals surface area contributed by atoms with Crippen molar-refractivity contribution in [2.75, 3.05) is 7.11 Å². The highest BCUT2D eigenvalue weighted by atomic mass is 79.9. The maximum Gasteiger partial charge on any atom is 0.269 e. The van der Waals surface area contributed by atoms with E-state index in [1.807, 2.05) is 24.3 Å². The number of rotatable bonds is 3. The number of hydrogen-bond acceptors (Lipinski definition) is 5. The molecule has 1 aromatic carbocycles. The van der Waals surface area contributed by atoms with Crippen LogP contribution in [0.1, 0.15) is 10.5 Å². The molecule has 106 valence electrons. The molecule has 0 saturated heterocycles. The zero-order chi connectivity index (χ0) is 15.0. The van der Waals surface area contributed by atoms with Gasteiger partial charge >= 0.3 is 0 Å². The number of nitrogens with two attached hydrogens (primary N) is 1. The van der Waals surface area contributed by atoms with Crippen LogP contribution in [-0.2, 0) is 0 Å². The van der Waals surface area contributed by atoms with E-state index in [0.29, 0.717) is 16.9 Å². The zero-order valence-electron chi connectivity index (χ0n) is 10.9. The van der Waals surface area contributed by atoms with Gasteiger partial charge in [-0.1, -0.05) is 22.0 Å². The summed E-state index contributed by atoms with van der Waals surface area (Å²) in [4.78, 5) is 11.6. The topological polar surface area (TPSA) is 95.9 Å². The molecule has 0 aliphatic rings. The van der Waals surface area contributed by atoms with Crippen LogP contribution in [-0.4, -0.2) is 33.0 Å². The number of primary amides is 1. The Morgan fingerprint density at radius 1 is 1.33 bits per heavy atom. The van der Waals surface area contributed by atoms with Crippen LogP contribution in [0, 0.1) is 0 Å². The lowest BCUT2D eigenvalue weighted by atomic mass is 10.2. The zero-order valence-corrected chi connectivity index (χ0v) is 12.5. The highest BCUT2D eigenvalue weighted by Gasteiger charge is 2.18.